The normalized spacial score (nSPS) is 21.7. The van der Waals surface area contributed by atoms with Crippen LogP contribution in [-0.2, 0) is 9.59 Å². The number of aldehydes is 1. The highest BCUT2D eigenvalue weighted by Gasteiger charge is 2.23. The Morgan fingerprint density at radius 3 is 3.07 bits per heavy atom. The molecule has 0 aromatic rings. The number of nitrogens with one attached hydrogen (secondary N) is 1. The molecule has 1 saturated heterocycles. The van der Waals surface area contributed by atoms with Gasteiger partial charge in [0.25, 0.3) is 0 Å². The lowest BCUT2D eigenvalue weighted by Crippen LogP contribution is -2.46. The molecule has 1 amide bonds. The minimum absolute atomic E-state index is 0.102. The monoisotopic (exact) mass is 208 g/mol. The van der Waals surface area contributed by atoms with Crippen LogP contribution >= 0.6 is 0 Å². The first kappa shape index (κ1) is 11.7. The Bertz CT molecular complexity index is 270. The van der Waals surface area contributed by atoms with Crippen LogP contribution in [0, 0.1) is 12.3 Å². The molecule has 1 aliphatic heterocycles. The van der Waals surface area contributed by atoms with Gasteiger partial charge in [-0.1, -0.05) is 12.3 Å². The summed E-state index contributed by atoms with van der Waals surface area (Å²) >= 11 is 0. The van der Waals surface area contributed by atoms with Crippen molar-refractivity contribution in [2.75, 3.05) is 19.6 Å². The molecule has 4 nitrogen and oxygen atoms in total. The van der Waals surface area contributed by atoms with Crippen molar-refractivity contribution in [2.45, 2.75) is 25.3 Å². The van der Waals surface area contributed by atoms with Gasteiger partial charge in [0.1, 0.15) is 6.29 Å². The number of nitrogens with zero attached hydrogens (tertiary/aromatic N) is 1. The molecule has 1 heterocycles. The van der Waals surface area contributed by atoms with E-state index in [2.05, 4.69) is 11.2 Å². The number of terminal acetylenes is 1. The third-order valence-corrected chi connectivity index (χ3v) is 2.56. The molecule has 1 N–H and O–H groups in total. The molecule has 0 aliphatic carbocycles. The molecule has 0 bridgehead atoms. The molecule has 1 atom stereocenters. The zero-order valence-corrected chi connectivity index (χ0v) is 8.74. The maximum absolute atomic E-state index is 11.4. The number of likely N-dealkylation sites (tertiary alicyclic amines) is 1. The van der Waals surface area contributed by atoms with E-state index in [1.54, 1.807) is 0 Å². The lowest BCUT2D eigenvalue weighted by Gasteiger charge is -2.31. The van der Waals surface area contributed by atoms with Gasteiger partial charge in [-0.25, -0.2) is 0 Å². The molecule has 0 radical (unpaired) electrons. The topological polar surface area (TPSA) is 49.4 Å². The fraction of sp³-hybridized carbons (Fsp3) is 0.636. The number of carbonyl (C=O) groups excluding carboxylic acids is 2. The highest BCUT2D eigenvalue weighted by Crippen LogP contribution is 2.14. The number of hydrogen-bond donors (Lipinski definition) is 1. The summed E-state index contributed by atoms with van der Waals surface area (Å²) in [5.74, 6) is 2.23. The molecule has 15 heavy (non-hydrogen) atoms. The Labute approximate surface area is 90.0 Å². The second-order valence-electron chi connectivity index (χ2n) is 3.65. The highest BCUT2D eigenvalue weighted by atomic mass is 16.2. The van der Waals surface area contributed by atoms with Gasteiger partial charge in [0, 0.05) is 0 Å². The number of amides is 1. The van der Waals surface area contributed by atoms with E-state index in [1.165, 1.54) is 0 Å². The van der Waals surface area contributed by atoms with Gasteiger partial charge in [0.2, 0.25) is 5.91 Å². The maximum atomic E-state index is 11.4. The van der Waals surface area contributed by atoms with E-state index in [-0.39, 0.29) is 25.0 Å². The molecular weight excluding hydrogens is 192 g/mol. The molecule has 0 saturated carbocycles. The average Bonchev–Trinajstić information content (AvgIpc) is 2.27. The van der Waals surface area contributed by atoms with Crippen molar-refractivity contribution < 1.29 is 9.59 Å². The van der Waals surface area contributed by atoms with Crippen LogP contribution in [0.1, 0.15) is 19.3 Å². The van der Waals surface area contributed by atoms with Gasteiger partial charge in [-0.2, -0.15) is 0 Å². The quantitative estimate of drug-likeness (QED) is 0.513. The summed E-state index contributed by atoms with van der Waals surface area (Å²) in [5, 5.41) is 2.59. The van der Waals surface area contributed by atoms with E-state index in [4.69, 9.17) is 6.42 Å². The SMILES string of the molecule is C#CCNC(=O)CN1CCCCC1C=O. The second-order valence-corrected chi connectivity index (χ2v) is 3.65. The highest BCUT2D eigenvalue weighted by molar-refractivity contribution is 5.78. The van der Waals surface area contributed by atoms with Crippen molar-refractivity contribution in [3.63, 3.8) is 0 Å². The summed E-state index contributed by atoms with van der Waals surface area (Å²) < 4.78 is 0. The van der Waals surface area contributed by atoms with Gasteiger partial charge in [0.05, 0.1) is 19.1 Å². The summed E-state index contributed by atoms with van der Waals surface area (Å²) in [6.45, 7) is 1.33. The average molecular weight is 208 g/mol. The molecule has 1 rings (SSSR count). The van der Waals surface area contributed by atoms with Crippen LogP contribution < -0.4 is 5.32 Å². The van der Waals surface area contributed by atoms with Crippen LogP contribution in [-0.4, -0.2) is 42.8 Å². The van der Waals surface area contributed by atoms with Gasteiger partial charge in [-0.05, 0) is 19.4 Å². The third-order valence-electron chi connectivity index (χ3n) is 2.56. The smallest absolute Gasteiger partial charge is 0.234 e. The standard InChI is InChI=1S/C11H16N2O2/c1-2-6-12-11(15)8-13-7-4-3-5-10(13)9-14/h1,9-10H,3-8H2,(H,12,15). The van der Waals surface area contributed by atoms with Crippen LogP contribution in [0.2, 0.25) is 0 Å². The molecule has 1 fully saturated rings. The van der Waals surface area contributed by atoms with E-state index < -0.39 is 0 Å². The third kappa shape index (κ3) is 3.72. The number of piperidine rings is 1. The van der Waals surface area contributed by atoms with Crippen molar-refractivity contribution in [1.82, 2.24) is 10.2 Å². The minimum atomic E-state index is -0.110. The number of carbonyl (C=O) groups is 2. The Balaban J connectivity index is 2.38. The molecule has 4 heteroatoms. The van der Waals surface area contributed by atoms with Gasteiger partial charge >= 0.3 is 0 Å². The van der Waals surface area contributed by atoms with Crippen LogP contribution in [0.3, 0.4) is 0 Å². The fourth-order valence-electron chi connectivity index (χ4n) is 1.76. The van der Waals surface area contributed by atoms with Crippen molar-refractivity contribution in [3.8, 4) is 12.3 Å². The predicted octanol–water partition coefficient (Wildman–Crippen LogP) is -0.211. The molecule has 0 spiro atoms. The molecule has 82 valence electrons. The van der Waals surface area contributed by atoms with E-state index in [1.807, 2.05) is 4.90 Å². The molecular formula is C11H16N2O2. The van der Waals surface area contributed by atoms with Crippen molar-refractivity contribution in [3.05, 3.63) is 0 Å². The summed E-state index contributed by atoms with van der Waals surface area (Å²) in [6, 6.07) is -0.102. The van der Waals surface area contributed by atoms with E-state index in [9.17, 15) is 9.59 Å². The van der Waals surface area contributed by atoms with Gasteiger partial charge in [-0.3, -0.25) is 9.69 Å². The van der Waals surface area contributed by atoms with Gasteiger partial charge in [0.15, 0.2) is 0 Å². The first-order valence-electron chi connectivity index (χ1n) is 5.17. The Morgan fingerprint density at radius 1 is 1.60 bits per heavy atom. The van der Waals surface area contributed by atoms with Crippen molar-refractivity contribution >= 4 is 12.2 Å². The number of hydrogen-bond acceptors (Lipinski definition) is 3. The van der Waals surface area contributed by atoms with E-state index >= 15 is 0 Å². The van der Waals surface area contributed by atoms with Crippen LogP contribution in [0.4, 0.5) is 0 Å². The molecule has 1 unspecified atom stereocenters. The molecule has 0 aromatic heterocycles. The fourth-order valence-corrected chi connectivity index (χ4v) is 1.76. The minimum Gasteiger partial charge on any atom is -0.344 e. The summed E-state index contributed by atoms with van der Waals surface area (Å²) in [4.78, 5) is 24.0. The second kappa shape index (κ2) is 6.20. The summed E-state index contributed by atoms with van der Waals surface area (Å²) in [5.41, 5.74) is 0. The van der Waals surface area contributed by atoms with Gasteiger partial charge < -0.3 is 10.1 Å². The van der Waals surface area contributed by atoms with Gasteiger partial charge in [-0.15, -0.1) is 6.42 Å². The van der Waals surface area contributed by atoms with Crippen molar-refractivity contribution in [2.24, 2.45) is 0 Å². The molecule has 1 aliphatic rings. The summed E-state index contributed by atoms with van der Waals surface area (Å²) in [6.07, 6.45) is 8.92. The van der Waals surface area contributed by atoms with E-state index in [0.717, 1.165) is 32.1 Å². The lowest BCUT2D eigenvalue weighted by molar-refractivity contribution is -0.124. The molecule has 0 aromatic carbocycles. The largest absolute Gasteiger partial charge is 0.344 e. The van der Waals surface area contributed by atoms with E-state index in [0.29, 0.717) is 0 Å². The zero-order valence-electron chi connectivity index (χ0n) is 8.74. The zero-order chi connectivity index (χ0) is 11.1. The Morgan fingerprint density at radius 2 is 2.40 bits per heavy atom. The predicted molar refractivity (Wildman–Crippen MR) is 57.1 cm³/mol. The summed E-state index contributed by atoms with van der Waals surface area (Å²) in [7, 11) is 0. The van der Waals surface area contributed by atoms with Crippen LogP contribution in [0.25, 0.3) is 0 Å². The first-order valence-corrected chi connectivity index (χ1v) is 5.17. The Kier molecular flexibility index (Phi) is 4.85. The Hall–Kier alpha value is -1.34. The van der Waals surface area contributed by atoms with Crippen LogP contribution in [0.15, 0.2) is 0 Å². The van der Waals surface area contributed by atoms with Crippen molar-refractivity contribution in [1.29, 1.82) is 0 Å². The lowest BCUT2D eigenvalue weighted by atomic mass is 10.0. The first-order chi connectivity index (χ1) is 7.27. The van der Waals surface area contributed by atoms with Crippen LogP contribution in [0.5, 0.6) is 0 Å². The number of rotatable bonds is 4. The maximum Gasteiger partial charge on any atom is 0.234 e.